The van der Waals surface area contributed by atoms with Crippen molar-refractivity contribution >= 4 is 27.4 Å². The molecule has 0 heterocycles. The third-order valence-electron chi connectivity index (χ3n) is 3.92. The minimum Gasteiger partial charge on any atom is -0.452 e. The average molecular weight is 411 g/mol. The van der Waals surface area contributed by atoms with Crippen LogP contribution in [0, 0.1) is 20.8 Å². The number of aryl methyl sites for hydroxylation is 3. The lowest BCUT2D eigenvalue weighted by Crippen LogP contribution is -2.21. The number of sulfone groups is 1. The van der Waals surface area contributed by atoms with Gasteiger partial charge in [-0.15, -0.1) is 0 Å². The molecule has 0 unspecified atom stereocenters. The van der Waals surface area contributed by atoms with Gasteiger partial charge in [0.2, 0.25) is 9.84 Å². The number of amides is 1. The van der Waals surface area contributed by atoms with Crippen molar-refractivity contribution in [2.75, 3.05) is 11.9 Å². The van der Waals surface area contributed by atoms with E-state index < -0.39 is 39.0 Å². The van der Waals surface area contributed by atoms with Crippen LogP contribution in [-0.4, -0.2) is 32.7 Å². The molecule has 0 bridgehead atoms. The van der Waals surface area contributed by atoms with E-state index in [1.165, 1.54) is 12.1 Å². The number of benzene rings is 2. The molecule has 150 valence electrons. The fraction of sp³-hybridized carbons (Fsp3) is 0.263. The minimum atomic E-state index is -4.70. The first kappa shape index (κ1) is 21.5. The van der Waals surface area contributed by atoms with Crippen LogP contribution in [0.3, 0.4) is 0 Å². The van der Waals surface area contributed by atoms with Gasteiger partial charge in [-0.2, -0.15) is 8.78 Å². The van der Waals surface area contributed by atoms with E-state index in [1.54, 1.807) is 13.8 Å². The number of carbonyl (C=O) groups excluding carboxylic acids is 2. The molecule has 0 aliphatic rings. The highest BCUT2D eigenvalue weighted by molar-refractivity contribution is 7.91. The normalized spacial score (nSPS) is 11.4. The van der Waals surface area contributed by atoms with Crippen LogP contribution in [0.15, 0.2) is 41.3 Å². The first-order valence-corrected chi connectivity index (χ1v) is 9.74. The Balaban J connectivity index is 1.99. The fourth-order valence-electron chi connectivity index (χ4n) is 2.73. The van der Waals surface area contributed by atoms with E-state index in [0.29, 0.717) is 5.56 Å². The van der Waals surface area contributed by atoms with Crippen molar-refractivity contribution in [3.8, 4) is 0 Å². The molecular weight excluding hydrogens is 392 g/mol. The zero-order chi connectivity index (χ0) is 21.1. The van der Waals surface area contributed by atoms with Gasteiger partial charge in [0.25, 0.3) is 5.91 Å². The maximum Gasteiger partial charge on any atom is 0.341 e. The molecule has 0 aromatic heterocycles. The van der Waals surface area contributed by atoms with Crippen LogP contribution >= 0.6 is 0 Å². The summed E-state index contributed by atoms with van der Waals surface area (Å²) in [4.78, 5) is 23.6. The maximum absolute atomic E-state index is 12.5. The van der Waals surface area contributed by atoms with Gasteiger partial charge < -0.3 is 10.1 Å². The summed E-state index contributed by atoms with van der Waals surface area (Å²) in [5.74, 6) is -4.81. The van der Waals surface area contributed by atoms with E-state index in [9.17, 15) is 26.8 Å². The lowest BCUT2D eigenvalue weighted by molar-refractivity contribution is -0.119. The predicted octanol–water partition coefficient (Wildman–Crippen LogP) is 3.40. The van der Waals surface area contributed by atoms with Crippen molar-refractivity contribution in [3.05, 3.63) is 58.7 Å². The number of ether oxygens (including phenoxy) is 1. The first-order valence-electron chi connectivity index (χ1n) is 8.19. The first-order chi connectivity index (χ1) is 13.0. The second-order valence-electron chi connectivity index (χ2n) is 6.23. The molecule has 2 rings (SSSR count). The predicted molar refractivity (Wildman–Crippen MR) is 99.2 cm³/mol. The SMILES string of the molecule is Cc1cc(C)c(C(=O)OCC(=O)Nc2ccc(S(=O)(=O)C(F)F)cc2)c(C)c1. The Bertz CT molecular complexity index is 978. The molecular formula is C19H19F2NO5S. The Morgan fingerprint density at radius 1 is 1.04 bits per heavy atom. The van der Waals surface area contributed by atoms with Crippen LogP contribution in [0.4, 0.5) is 14.5 Å². The molecule has 1 N–H and O–H groups in total. The molecule has 2 aromatic carbocycles. The Morgan fingerprint density at radius 2 is 1.57 bits per heavy atom. The van der Waals surface area contributed by atoms with Crippen molar-refractivity contribution in [1.29, 1.82) is 0 Å². The van der Waals surface area contributed by atoms with Gasteiger partial charge in [0.15, 0.2) is 6.61 Å². The number of rotatable bonds is 6. The number of hydrogen-bond acceptors (Lipinski definition) is 5. The standard InChI is InChI=1S/C19H19F2NO5S/c1-11-8-12(2)17(13(3)9-11)18(24)27-10-16(23)22-14-4-6-15(7-5-14)28(25,26)19(20)21/h4-9,19H,10H2,1-3H3,(H,22,23). The third-order valence-corrected chi connectivity index (χ3v) is 5.32. The van der Waals surface area contributed by atoms with E-state index >= 15 is 0 Å². The summed E-state index contributed by atoms with van der Waals surface area (Å²) in [6.07, 6.45) is 0. The van der Waals surface area contributed by atoms with Gasteiger partial charge in [0, 0.05) is 5.69 Å². The number of alkyl halides is 2. The monoisotopic (exact) mass is 411 g/mol. The van der Waals surface area contributed by atoms with Crippen LogP contribution in [-0.2, 0) is 19.4 Å². The summed E-state index contributed by atoms with van der Waals surface area (Å²) in [6, 6.07) is 7.92. The zero-order valence-electron chi connectivity index (χ0n) is 15.5. The van der Waals surface area contributed by atoms with Crippen LogP contribution in [0.5, 0.6) is 0 Å². The Kier molecular flexibility index (Phi) is 6.50. The molecule has 0 fully saturated rings. The molecule has 9 heteroatoms. The second kappa shape index (κ2) is 8.47. The Morgan fingerprint density at radius 3 is 2.07 bits per heavy atom. The van der Waals surface area contributed by atoms with Gasteiger partial charge in [-0.25, -0.2) is 13.2 Å². The number of halogens is 2. The smallest absolute Gasteiger partial charge is 0.341 e. The summed E-state index contributed by atoms with van der Waals surface area (Å²) < 4.78 is 52.7. The molecule has 1 amide bonds. The van der Waals surface area contributed by atoms with Crippen LogP contribution < -0.4 is 5.32 Å². The van der Waals surface area contributed by atoms with Gasteiger partial charge in [0.1, 0.15) is 0 Å². The fourth-order valence-corrected chi connectivity index (χ4v) is 3.45. The lowest BCUT2D eigenvalue weighted by atomic mass is 10.00. The van der Waals surface area contributed by atoms with E-state index in [2.05, 4.69) is 5.32 Å². The third kappa shape index (κ3) is 4.92. The average Bonchev–Trinajstić information content (AvgIpc) is 2.59. The van der Waals surface area contributed by atoms with Crippen molar-refractivity contribution in [2.24, 2.45) is 0 Å². The summed E-state index contributed by atoms with van der Waals surface area (Å²) in [5.41, 5.74) is 3.04. The largest absolute Gasteiger partial charge is 0.452 e. The van der Waals surface area contributed by atoms with E-state index in [0.717, 1.165) is 28.8 Å². The van der Waals surface area contributed by atoms with Crippen LogP contribution in [0.1, 0.15) is 27.0 Å². The van der Waals surface area contributed by atoms with Crippen molar-refractivity contribution < 1.29 is 31.5 Å². The topological polar surface area (TPSA) is 89.5 Å². The molecule has 0 aliphatic heterocycles. The van der Waals surface area contributed by atoms with Crippen LogP contribution in [0.2, 0.25) is 0 Å². The quantitative estimate of drug-likeness (QED) is 0.736. The molecule has 28 heavy (non-hydrogen) atoms. The number of hydrogen-bond donors (Lipinski definition) is 1. The number of anilines is 1. The number of carbonyl (C=O) groups is 2. The van der Waals surface area contributed by atoms with E-state index in [1.807, 2.05) is 19.1 Å². The van der Waals surface area contributed by atoms with Gasteiger partial charge >= 0.3 is 11.7 Å². The van der Waals surface area contributed by atoms with Crippen molar-refractivity contribution in [3.63, 3.8) is 0 Å². The summed E-state index contributed by atoms with van der Waals surface area (Å²) in [7, 11) is -4.70. The highest BCUT2D eigenvalue weighted by Gasteiger charge is 2.26. The van der Waals surface area contributed by atoms with Gasteiger partial charge in [0.05, 0.1) is 10.5 Å². The minimum absolute atomic E-state index is 0.178. The highest BCUT2D eigenvalue weighted by atomic mass is 32.2. The molecule has 0 saturated heterocycles. The van der Waals surface area contributed by atoms with E-state index in [-0.39, 0.29) is 5.69 Å². The second-order valence-corrected chi connectivity index (χ2v) is 8.15. The molecule has 2 aromatic rings. The Labute approximate surface area is 161 Å². The van der Waals surface area contributed by atoms with Crippen LogP contribution in [0.25, 0.3) is 0 Å². The maximum atomic E-state index is 12.5. The summed E-state index contributed by atoms with van der Waals surface area (Å²) in [5, 5.41) is 2.40. The molecule has 0 spiro atoms. The van der Waals surface area contributed by atoms with Gasteiger partial charge in [-0.3, -0.25) is 4.79 Å². The van der Waals surface area contributed by atoms with Crippen molar-refractivity contribution in [1.82, 2.24) is 0 Å². The van der Waals surface area contributed by atoms with Gasteiger partial charge in [-0.1, -0.05) is 17.7 Å². The number of nitrogens with one attached hydrogen (secondary N) is 1. The zero-order valence-corrected chi connectivity index (χ0v) is 16.3. The Hall–Kier alpha value is -2.81. The lowest BCUT2D eigenvalue weighted by Gasteiger charge is -2.11. The molecule has 6 nitrogen and oxygen atoms in total. The molecule has 0 radical (unpaired) electrons. The van der Waals surface area contributed by atoms with Gasteiger partial charge in [-0.05, 0) is 56.2 Å². The summed E-state index contributed by atoms with van der Waals surface area (Å²) in [6.45, 7) is 4.89. The van der Waals surface area contributed by atoms with Crippen molar-refractivity contribution in [2.45, 2.75) is 31.4 Å². The highest BCUT2D eigenvalue weighted by Crippen LogP contribution is 2.20. The molecule has 0 aliphatic carbocycles. The number of esters is 1. The molecule has 0 atom stereocenters. The van der Waals surface area contributed by atoms with E-state index in [4.69, 9.17) is 4.74 Å². The summed E-state index contributed by atoms with van der Waals surface area (Å²) >= 11 is 0. The molecule has 0 saturated carbocycles.